The van der Waals surface area contributed by atoms with Gasteiger partial charge in [-0.15, -0.1) is 0 Å². The zero-order chi connectivity index (χ0) is 24.9. The van der Waals surface area contributed by atoms with E-state index in [2.05, 4.69) is 0 Å². The number of halogens is 3. The highest BCUT2D eigenvalue weighted by Gasteiger charge is 2.57. The van der Waals surface area contributed by atoms with Crippen molar-refractivity contribution in [3.63, 3.8) is 0 Å². The van der Waals surface area contributed by atoms with E-state index in [1.165, 1.54) is 0 Å². The summed E-state index contributed by atoms with van der Waals surface area (Å²) in [5, 5.41) is -2.07. The number of ether oxygens (including phenoxy) is 5. The van der Waals surface area contributed by atoms with Crippen LogP contribution in [0.3, 0.4) is 0 Å². The lowest BCUT2D eigenvalue weighted by Crippen LogP contribution is -2.64. The minimum atomic E-state index is -4.86. The first-order chi connectivity index (χ1) is 14.5. The molecule has 0 aromatic heterocycles. The van der Waals surface area contributed by atoms with Crippen molar-refractivity contribution < 1.29 is 55.5 Å². The maximum Gasteiger partial charge on any atom is 0.304 e. The highest BCUT2D eigenvalue weighted by atomic mass is 35.6. The molecule has 1 heterocycles. The van der Waals surface area contributed by atoms with Crippen molar-refractivity contribution in [2.45, 2.75) is 61.3 Å². The van der Waals surface area contributed by atoms with E-state index in [-0.39, 0.29) is 0 Å². The third-order valence-corrected chi connectivity index (χ3v) is 5.58. The average molecular weight is 544 g/mol. The second-order valence-corrected chi connectivity index (χ2v) is 10.7. The molecule has 16 heteroatoms. The Morgan fingerprint density at radius 3 is 1.78 bits per heavy atom. The van der Waals surface area contributed by atoms with Gasteiger partial charge in [0, 0.05) is 27.7 Å². The van der Waals surface area contributed by atoms with Gasteiger partial charge in [0.2, 0.25) is 10.1 Å². The fourth-order valence-electron chi connectivity index (χ4n) is 2.66. The number of hydrogen-bond donors (Lipinski definition) is 0. The van der Waals surface area contributed by atoms with Crippen molar-refractivity contribution >= 4 is 68.8 Å². The predicted molar refractivity (Wildman–Crippen MR) is 107 cm³/mol. The summed E-state index contributed by atoms with van der Waals surface area (Å²) in [4.78, 5) is 46.2. The number of esters is 4. The Morgan fingerprint density at radius 2 is 1.34 bits per heavy atom. The van der Waals surface area contributed by atoms with E-state index in [9.17, 15) is 27.6 Å². The van der Waals surface area contributed by atoms with Gasteiger partial charge in [-0.3, -0.25) is 23.4 Å². The number of alkyl halides is 3. The van der Waals surface area contributed by atoms with Crippen LogP contribution in [0, 0.1) is 0 Å². The normalized spacial score (nSPS) is 26.0. The first-order valence-electron chi connectivity index (χ1n) is 8.79. The summed E-state index contributed by atoms with van der Waals surface area (Å²) in [6, 6.07) is 0. The minimum absolute atomic E-state index is 0.565. The standard InChI is InChI=1S/C16H21Cl3O12S/c1-7(20)26-5-11-12(28-8(2)21)13(29-9(3)22)14(15(31-11)30-10(4)23)32(24,25)27-6-16(17,18)19/h11-15H,5-6H2,1-4H3/t11-,12+,13+,14-,15-/m1/s1. The maximum atomic E-state index is 12.9. The molecule has 0 aromatic rings. The first kappa shape index (κ1) is 28.7. The molecule has 0 saturated carbocycles. The fraction of sp³-hybridized carbons (Fsp3) is 0.750. The second-order valence-electron chi connectivity index (χ2n) is 6.44. The van der Waals surface area contributed by atoms with Crippen LogP contribution in [-0.4, -0.2) is 79.2 Å². The Bertz CT molecular complexity index is 825. The summed E-state index contributed by atoms with van der Waals surface area (Å²) in [7, 11) is -4.86. The Morgan fingerprint density at radius 1 is 0.844 bits per heavy atom. The molecule has 184 valence electrons. The largest absolute Gasteiger partial charge is 0.463 e. The highest BCUT2D eigenvalue weighted by Crippen LogP contribution is 2.34. The first-order valence-corrected chi connectivity index (χ1v) is 11.4. The van der Waals surface area contributed by atoms with Gasteiger partial charge in [0.1, 0.15) is 19.3 Å². The number of hydrogen-bond acceptors (Lipinski definition) is 12. The molecule has 0 N–H and O–H groups in total. The van der Waals surface area contributed by atoms with Gasteiger partial charge >= 0.3 is 23.9 Å². The molecule has 1 fully saturated rings. The van der Waals surface area contributed by atoms with Crippen LogP contribution in [0.4, 0.5) is 0 Å². The van der Waals surface area contributed by atoms with Crippen molar-refractivity contribution in [1.82, 2.24) is 0 Å². The van der Waals surface area contributed by atoms with Crippen LogP contribution in [0.15, 0.2) is 0 Å². The molecule has 12 nitrogen and oxygen atoms in total. The SMILES string of the molecule is CC(=O)OC[C@H]1O[C@@H](OC(C)=O)[C@H](S(=O)(=O)OCC(Cl)(Cl)Cl)[C@@H](OC(C)=O)[C@H]1OC(C)=O. The zero-order valence-electron chi connectivity index (χ0n) is 17.2. The Kier molecular flexibility index (Phi) is 10.4. The molecule has 0 radical (unpaired) electrons. The maximum absolute atomic E-state index is 12.9. The summed E-state index contributed by atoms with van der Waals surface area (Å²) >= 11 is 16.6. The van der Waals surface area contributed by atoms with Gasteiger partial charge in [0.25, 0.3) is 10.1 Å². The van der Waals surface area contributed by atoms with Crippen molar-refractivity contribution in [2.24, 2.45) is 0 Å². The van der Waals surface area contributed by atoms with Crippen LogP contribution >= 0.6 is 34.8 Å². The lowest BCUT2D eigenvalue weighted by molar-refractivity contribution is -0.258. The fourth-order valence-corrected chi connectivity index (χ4v) is 4.45. The molecule has 1 saturated heterocycles. The molecule has 0 aliphatic carbocycles. The number of carbonyl (C=O) groups excluding carboxylic acids is 4. The lowest BCUT2D eigenvalue weighted by Gasteiger charge is -2.43. The van der Waals surface area contributed by atoms with Crippen LogP contribution in [0.2, 0.25) is 0 Å². The molecule has 0 amide bonds. The predicted octanol–water partition coefficient (Wildman–Crippen LogP) is 0.786. The highest BCUT2D eigenvalue weighted by molar-refractivity contribution is 7.87. The summed E-state index contributed by atoms with van der Waals surface area (Å²) in [6.07, 6.45) is -6.77. The van der Waals surface area contributed by atoms with E-state index in [0.717, 1.165) is 27.7 Å². The quantitative estimate of drug-likeness (QED) is 0.184. The van der Waals surface area contributed by atoms with Crippen molar-refractivity contribution in [1.29, 1.82) is 0 Å². The molecule has 0 unspecified atom stereocenters. The number of rotatable bonds is 8. The van der Waals surface area contributed by atoms with Crippen molar-refractivity contribution in [3.8, 4) is 0 Å². The van der Waals surface area contributed by atoms with Gasteiger partial charge in [0.05, 0.1) is 0 Å². The topological polar surface area (TPSA) is 158 Å². The van der Waals surface area contributed by atoms with Gasteiger partial charge in [0.15, 0.2) is 17.5 Å². The third kappa shape index (κ3) is 9.24. The molecule has 1 aliphatic heterocycles. The average Bonchev–Trinajstić information content (AvgIpc) is 2.58. The molecular formula is C16H21Cl3O12S. The lowest BCUT2D eigenvalue weighted by atomic mass is 10.0. The molecule has 0 bridgehead atoms. The van der Waals surface area contributed by atoms with E-state index < -0.39 is 80.9 Å². The summed E-state index contributed by atoms with van der Waals surface area (Å²) in [6.45, 7) is 2.46. The smallest absolute Gasteiger partial charge is 0.304 e. The van der Waals surface area contributed by atoms with E-state index in [1.54, 1.807) is 0 Å². The monoisotopic (exact) mass is 542 g/mol. The van der Waals surface area contributed by atoms with Crippen molar-refractivity contribution in [3.05, 3.63) is 0 Å². The summed E-state index contributed by atoms with van der Waals surface area (Å²) < 4.78 is 53.9. The third-order valence-electron chi connectivity index (χ3n) is 3.65. The van der Waals surface area contributed by atoms with Gasteiger partial charge in [-0.05, 0) is 0 Å². The van der Waals surface area contributed by atoms with Crippen LogP contribution in [0.5, 0.6) is 0 Å². The van der Waals surface area contributed by atoms with Crippen LogP contribution in [-0.2, 0) is 57.2 Å². The molecule has 1 aliphatic rings. The number of carbonyl (C=O) groups is 4. The Balaban J connectivity index is 3.52. The van der Waals surface area contributed by atoms with E-state index in [4.69, 9.17) is 62.7 Å². The van der Waals surface area contributed by atoms with Crippen LogP contribution in [0.1, 0.15) is 27.7 Å². The second kappa shape index (κ2) is 11.7. The molecule has 32 heavy (non-hydrogen) atoms. The molecule has 5 atom stereocenters. The van der Waals surface area contributed by atoms with Gasteiger partial charge in [-0.25, -0.2) is 0 Å². The van der Waals surface area contributed by atoms with Crippen LogP contribution < -0.4 is 0 Å². The molecular weight excluding hydrogens is 523 g/mol. The van der Waals surface area contributed by atoms with Gasteiger partial charge in [-0.1, -0.05) is 34.8 Å². The Hall–Kier alpha value is -1.38. The summed E-state index contributed by atoms with van der Waals surface area (Å²) in [5.74, 6) is -3.62. The zero-order valence-corrected chi connectivity index (χ0v) is 20.3. The molecule has 0 aromatic carbocycles. The molecule has 0 spiro atoms. The van der Waals surface area contributed by atoms with Crippen molar-refractivity contribution in [2.75, 3.05) is 13.2 Å². The van der Waals surface area contributed by atoms with E-state index in [1.807, 2.05) is 0 Å². The van der Waals surface area contributed by atoms with E-state index >= 15 is 0 Å². The van der Waals surface area contributed by atoms with E-state index in [0.29, 0.717) is 0 Å². The molecule has 1 rings (SSSR count). The minimum Gasteiger partial charge on any atom is -0.463 e. The van der Waals surface area contributed by atoms with Gasteiger partial charge < -0.3 is 23.7 Å². The van der Waals surface area contributed by atoms with Crippen LogP contribution in [0.25, 0.3) is 0 Å². The van der Waals surface area contributed by atoms with Gasteiger partial charge in [-0.2, -0.15) is 8.42 Å². The Labute approximate surface area is 198 Å². The summed E-state index contributed by atoms with van der Waals surface area (Å²) in [5.41, 5.74) is 0.